The Hall–Kier alpha value is -1.55. The fraction of sp³-hybridized carbons (Fsp3) is 0.562. The second kappa shape index (κ2) is 5.83. The number of piperidine rings is 1. The van der Waals surface area contributed by atoms with Crippen LogP contribution in [-0.4, -0.2) is 30.6 Å². The molecule has 0 aliphatic carbocycles. The molecule has 4 nitrogen and oxygen atoms in total. The number of rotatable bonds is 1. The summed E-state index contributed by atoms with van der Waals surface area (Å²) in [6, 6.07) is 6.26. The standard InChI is InChI=1S/C16H23N3O/c1-12-4-3-9-19(11-12)16(20)18-15-6-2-5-13-7-8-17-10-14(13)15/h2,5-6,12,17H,3-4,7-11H2,1H3,(H,18,20). The second-order valence-electron chi connectivity index (χ2n) is 5.99. The highest BCUT2D eigenvalue weighted by molar-refractivity contribution is 5.90. The number of carbonyl (C=O) groups is 1. The zero-order valence-corrected chi connectivity index (χ0v) is 12.1. The number of carbonyl (C=O) groups excluding carboxylic acids is 1. The number of nitrogens with one attached hydrogen (secondary N) is 2. The molecule has 1 aromatic rings. The highest BCUT2D eigenvalue weighted by Crippen LogP contribution is 2.24. The van der Waals surface area contributed by atoms with Gasteiger partial charge in [-0.25, -0.2) is 4.79 Å². The van der Waals surface area contributed by atoms with Crippen molar-refractivity contribution in [1.82, 2.24) is 10.2 Å². The first-order valence-electron chi connectivity index (χ1n) is 7.61. The summed E-state index contributed by atoms with van der Waals surface area (Å²) in [5, 5.41) is 6.48. The quantitative estimate of drug-likeness (QED) is 0.826. The summed E-state index contributed by atoms with van der Waals surface area (Å²) in [5.74, 6) is 0.612. The van der Waals surface area contributed by atoms with Crippen LogP contribution in [0.1, 0.15) is 30.9 Å². The number of nitrogens with zero attached hydrogens (tertiary/aromatic N) is 1. The lowest BCUT2D eigenvalue weighted by Gasteiger charge is -2.31. The number of fused-ring (bicyclic) bond motifs is 1. The Bertz CT molecular complexity index is 500. The third kappa shape index (κ3) is 2.80. The highest BCUT2D eigenvalue weighted by Gasteiger charge is 2.22. The van der Waals surface area contributed by atoms with Crippen molar-refractivity contribution in [2.24, 2.45) is 5.92 Å². The maximum absolute atomic E-state index is 12.4. The topological polar surface area (TPSA) is 44.4 Å². The van der Waals surface area contributed by atoms with Gasteiger partial charge in [0.15, 0.2) is 0 Å². The summed E-state index contributed by atoms with van der Waals surface area (Å²) in [6.45, 7) is 5.84. The molecule has 20 heavy (non-hydrogen) atoms. The van der Waals surface area contributed by atoms with Crippen LogP contribution in [0.5, 0.6) is 0 Å². The Labute approximate surface area is 120 Å². The van der Waals surface area contributed by atoms with Gasteiger partial charge in [-0.1, -0.05) is 19.1 Å². The lowest BCUT2D eigenvalue weighted by Crippen LogP contribution is -2.42. The molecule has 2 N–H and O–H groups in total. The Morgan fingerprint density at radius 3 is 3.20 bits per heavy atom. The van der Waals surface area contributed by atoms with Gasteiger partial charge >= 0.3 is 6.03 Å². The molecule has 0 saturated carbocycles. The van der Waals surface area contributed by atoms with Crippen molar-refractivity contribution in [2.45, 2.75) is 32.7 Å². The molecule has 0 spiro atoms. The van der Waals surface area contributed by atoms with Gasteiger partial charge < -0.3 is 15.5 Å². The van der Waals surface area contributed by atoms with Crippen LogP contribution in [0.4, 0.5) is 10.5 Å². The predicted molar refractivity (Wildman–Crippen MR) is 80.8 cm³/mol. The summed E-state index contributed by atoms with van der Waals surface area (Å²) in [5.41, 5.74) is 3.57. The molecule has 4 heteroatoms. The molecule has 0 radical (unpaired) electrons. The molecule has 1 atom stereocenters. The maximum Gasteiger partial charge on any atom is 0.321 e. The van der Waals surface area contributed by atoms with Gasteiger partial charge in [0.1, 0.15) is 0 Å². The van der Waals surface area contributed by atoms with Gasteiger partial charge in [0.25, 0.3) is 0 Å². The third-order valence-electron chi connectivity index (χ3n) is 4.33. The van der Waals surface area contributed by atoms with Gasteiger partial charge in [0.2, 0.25) is 0 Å². The fourth-order valence-corrected chi connectivity index (χ4v) is 3.20. The van der Waals surface area contributed by atoms with Crippen LogP contribution in [0.25, 0.3) is 0 Å². The minimum atomic E-state index is 0.0514. The average molecular weight is 273 g/mol. The molecule has 1 aromatic carbocycles. The Kier molecular flexibility index (Phi) is 3.92. The molecular formula is C16H23N3O. The molecule has 2 amide bonds. The van der Waals surface area contributed by atoms with Gasteiger partial charge in [-0.3, -0.25) is 0 Å². The monoisotopic (exact) mass is 273 g/mol. The van der Waals surface area contributed by atoms with Crippen LogP contribution < -0.4 is 10.6 Å². The van der Waals surface area contributed by atoms with E-state index in [1.54, 1.807) is 0 Å². The van der Waals surface area contributed by atoms with Gasteiger partial charge in [-0.15, -0.1) is 0 Å². The third-order valence-corrected chi connectivity index (χ3v) is 4.33. The first-order valence-corrected chi connectivity index (χ1v) is 7.61. The number of urea groups is 1. The summed E-state index contributed by atoms with van der Waals surface area (Å²) >= 11 is 0. The maximum atomic E-state index is 12.4. The number of benzene rings is 1. The molecule has 2 aliphatic rings. The first kappa shape index (κ1) is 13.4. The first-order chi connectivity index (χ1) is 9.74. The van der Waals surface area contributed by atoms with E-state index in [1.165, 1.54) is 17.5 Å². The van der Waals surface area contributed by atoms with Gasteiger partial charge in [-0.05, 0) is 48.9 Å². The normalized spacial score (nSPS) is 22.2. The van der Waals surface area contributed by atoms with Crippen LogP contribution >= 0.6 is 0 Å². The number of anilines is 1. The van der Waals surface area contributed by atoms with Crippen molar-refractivity contribution in [2.75, 3.05) is 25.0 Å². The lowest BCUT2D eigenvalue weighted by atomic mass is 9.99. The molecule has 0 aromatic heterocycles. The van der Waals surface area contributed by atoms with E-state index in [2.05, 4.69) is 23.6 Å². The van der Waals surface area contributed by atoms with E-state index >= 15 is 0 Å². The summed E-state index contributed by atoms with van der Waals surface area (Å²) in [7, 11) is 0. The van der Waals surface area contributed by atoms with E-state index in [9.17, 15) is 4.79 Å². The summed E-state index contributed by atoms with van der Waals surface area (Å²) < 4.78 is 0. The van der Waals surface area contributed by atoms with E-state index in [-0.39, 0.29) is 6.03 Å². The molecule has 108 valence electrons. The van der Waals surface area contributed by atoms with Crippen molar-refractivity contribution in [3.8, 4) is 0 Å². The number of hydrogen-bond donors (Lipinski definition) is 2. The zero-order chi connectivity index (χ0) is 13.9. The van der Waals surface area contributed by atoms with Crippen molar-refractivity contribution in [3.05, 3.63) is 29.3 Å². The zero-order valence-electron chi connectivity index (χ0n) is 12.1. The minimum absolute atomic E-state index is 0.0514. The summed E-state index contributed by atoms with van der Waals surface area (Å²) in [4.78, 5) is 14.3. The van der Waals surface area contributed by atoms with Crippen molar-refractivity contribution >= 4 is 11.7 Å². The number of amides is 2. The minimum Gasteiger partial charge on any atom is -0.324 e. The number of hydrogen-bond acceptors (Lipinski definition) is 2. The molecule has 1 unspecified atom stereocenters. The smallest absolute Gasteiger partial charge is 0.321 e. The van der Waals surface area contributed by atoms with E-state index in [0.29, 0.717) is 5.92 Å². The van der Waals surface area contributed by atoms with Gasteiger partial charge in [-0.2, -0.15) is 0 Å². The summed E-state index contributed by atoms with van der Waals surface area (Å²) in [6.07, 6.45) is 3.39. The van der Waals surface area contributed by atoms with Crippen molar-refractivity contribution in [1.29, 1.82) is 0 Å². The van der Waals surface area contributed by atoms with Crippen LogP contribution in [-0.2, 0) is 13.0 Å². The Morgan fingerprint density at radius 2 is 2.35 bits per heavy atom. The van der Waals surface area contributed by atoms with Crippen LogP contribution in [0.3, 0.4) is 0 Å². The van der Waals surface area contributed by atoms with Crippen molar-refractivity contribution < 1.29 is 4.79 Å². The average Bonchev–Trinajstić information content (AvgIpc) is 2.47. The van der Waals surface area contributed by atoms with Crippen LogP contribution in [0.2, 0.25) is 0 Å². The predicted octanol–water partition coefficient (Wildman–Crippen LogP) is 2.60. The fourth-order valence-electron chi connectivity index (χ4n) is 3.20. The molecule has 3 rings (SSSR count). The van der Waals surface area contributed by atoms with E-state index in [1.807, 2.05) is 17.0 Å². The molecular weight excluding hydrogens is 250 g/mol. The Morgan fingerprint density at radius 1 is 1.45 bits per heavy atom. The van der Waals surface area contributed by atoms with Crippen LogP contribution in [0.15, 0.2) is 18.2 Å². The molecule has 1 fully saturated rings. The molecule has 2 heterocycles. The molecule has 2 aliphatic heterocycles. The Balaban J connectivity index is 1.72. The van der Waals surface area contributed by atoms with Crippen LogP contribution in [0, 0.1) is 5.92 Å². The molecule has 0 bridgehead atoms. The number of likely N-dealkylation sites (tertiary alicyclic amines) is 1. The largest absolute Gasteiger partial charge is 0.324 e. The van der Waals surface area contributed by atoms with Gasteiger partial charge in [0, 0.05) is 25.3 Å². The SMILES string of the molecule is CC1CCCN(C(=O)Nc2cccc3c2CNCC3)C1. The second-order valence-corrected chi connectivity index (χ2v) is 5.99. The highest BCUT2D eigenvalue weighted by atomic mass is 16.2. The van der Waals surface area contributed by atoms with Gasteiger partial charge in [0.05, 0.1) is 0 Å². The van der Waals surface area contributed by atoms with E-state index in [0.717, 1.165) is 44.7 Å². The van der Waals surface area contributed by atoms with E-state index < -0.39 is 0 Å². The van der Waals surface area contributed by atoms with E-state index in [4.69, 9.17) is 0 Å². The van der Waals surface area contributed by atoms with Crippen molar-refractivity contribution in [3.63, 3.8) is 0 Å². The lowest BCUT2D eigenvalue weighted by molar-refractivity contribution is 0.182. The molecule has 1 saturated heterocycles.